The van der Waals surface area contributed by atoms with Gasteiger partial charge in [-0.05, 0) is 31.4 Å². The van der Waals surface area contributed by atoms with Crippen LogP contribution in [0.2, 0.25) is 0 Å². The molecule has 1 N–H and O–H groups in total. The number of aliphatic hydroxyl groups excluding tert-OH is 1. The monoisotopic (exact) mass is 268 g/mol. The van der Waals surface area contributed by atoms with E-state index in [4.69, 9.17) is 0 Å². The fraction of sp³-hybridized carbons (Fsp3) is 0.353. The van der Waals surface area contributed by atoms with Gasteiger partial charge < -0.3 is 10.0 Å². The Labute approximate surface area is 119 Å². The van der Waals surface area contributed by atoms with Gasteiger partial charge in [0.1, 0.15) is 11.9 Å². The summed E-state index contributed by atoms with van der Waals surface area (Å²) in [4.78, 5) is 6.98. The topological polar surface area (TPSA) is 36.4 Å². The fourth-order valence-electron chi connectivity index (χ4n) is 2.78. The Morgan fingerprint density at radius 2 is 1.75 bits per heavy atom. The molecule has 1 aliphatic heterocycles. The Morgan fingerprint density at radius 3 is 2.40 bits per heavy atom. The molecule has 0 amide bonds. The van der Waals surface area contributed by atoms with Crippen molar-refractivity contribution in [2.24, 2.45) is 0 Å². The molecule has 0 radical (unpaired) electrons. The van der Waals surface area contributed by atoms with Gasteiger partial charge in [0.05, 0.1) is 0 Å². The summed E-state index contributed by atoms with van der Waals surface area (Å²) in [7, 11) is 0. The van der Waals surface area contributed by atoms with Crippen LogP contribution >= 0.6 is 0 Å². The molecule has 1 saturated heterocycles. The average molecular weight is 268 g/mol. The van der Waals surface area contributed by atoms with E-state index in [2.05, 4.69) is 9.88 Å². The molecular formula is C17H20N2O. The van der Waals surface area contributed by atoms with E-state index < -0.39 is 6.10 Å². The number of hydrogen-bond acceptors (Lipinski definition) is 3. The molecule has 2 heterocycles. The van der Waals surface area contributed by atoms with Crippen molar-refractivity contribution < 1.29 is 5.11 Å². The minimum absolute atomic E-state index is 0.601. The maximum atomic E-state index is 10.5. The summed E-state index contributed by atoms with van der Waals surface area (Å²) in [5, 5.41) is 10.5. The maximum absolute atomic E-state index is 10.5. The van der Waals surface area contributed by atoms with E-state index in [1.165, 1.54) is 12.8 Å². The van der Waals surface area contributed by atoms with Gasteiger partial charge in [0.25, 0.3) is 0 Å². The van der Waals surface area contributed by atoms with Crippen molar-refractivity contribution in [2.45, 2.75) is 25.9 Å². The largest absolute Gasteiger partial charge is 0.384 e. The highest BCUT2D eigenvalue weighted by Crippen LogP contribution is 2.26. The Morgan fingerprint density at radius 1 is 1.05 bits per heavy atom. The first-order valence-electron chi connectivity index (χ1n) is 7.21. The first-order valence-corrected chi connectivity index (χ1v) is 7.21. The summed E-state index contributed by atoms with van der Waals surface area (Å²) in [6.45, 7) is 4.15. The lowest BCUT2D eigenvalue weighted by Gasteiger charge is -2.19. The van der Waals surface area contributed by atoms with Gasteiger partial charge in [-0.15, -0.1) is 0 Å². The molecule has 1 aliphatic rings. The molecule has 3 nitrogen and oxygen atoms in total. The lowest BCUT2D eigenvalue weighted by Crippen LogP contribution is -2.19. The van der Waals surface area contributed by atoms with Crippen molar-refractivity contribution in [2.75, 3.05) is 18.0 Å². The molecule has 0 unspecified atom stereocenters. The normalized spacial score (nSPS) is 16.4. The maximum Gasteiger partial charge on any atom is 0.128 e. The van der Waals surface area contributed by atoms with Crippen molar-refractivity contribution >= 4 is 5.82 Å². The van der Waals surface area contributed by atoms with Gasteiger partial charge in [-0.3, -0.25) is 0 Å². The van der Waals surface area contributed by atoms with Crippen molar-refractivity contribution in [1.29, 1.82) is 0 Å². The van der Waals surface area contributed by atoms with Crippen LogP contribution in [0.1, 0.15) is 35.8 Å². The van der Waals surface area contributed by atoms with Crippen LogP contribution in [0, 0.1) is 6.92 Å². The minimum Gasteiger partial charge on any atom is -0.384 e. The molecule has 1 fully saturated rings. The number of hydrogen-bond donors (Lipinski definition) is 1. The number of benzene rings is 1. The number of aliphatic hydroxyl groups is 1. The second-order valence-corrected chi connectivity index (χ2v) is 5.35. The Hall–Kier alpha value is -1.87. The molecule has 3 rings (SSSR count). The number of aromatic nitrogens is 1. The second-order valence-electron chi connectivity index (χ2n) is 5.35. The fourth-order valence-corrected chi connectivity index (χ4v) is 2.78. The average Bonchev–Trinajstić information content (AvgIpc) is 3.01. The molecule has 2 aromatic rings. The van der Waals surface area contributed by atoms with E-state index in [1.807, 2.05) is 49.4 Å². The molecule has 0 aliphatic carbocycles. The van der Waals surface area contributed by atoms with Crippen molar-refractivity contribution in [3.63, 3.8) is 0 Å². The van der Waals surface area contributed by atoms with Crippen LogP contribution in [0.15, 0.2) is 42.5 Å². The quantitative estimate of drug-likeness (QED) is 0.929. The highest BCUT2D eigenvalue weighted by atomic mass is 16.3. The number of nitrogens with zero attached hydrogens (tertiary/aromatic N) is 2. The zero-order chi connectivity index (χ0) is 13.9. The molecule has 1 aromatic carbocycles. The zero-order valence-corrected chi connectivity index (χ0v) is 11.8. The van der Waals surface area contributed by atoms with E-state index in [9.17, 15) is 5.11 Å². The van der Waals surface area contributed by atoms with Gasteiger partial charge in [-0.1, -0.05) is 36.4 Å². The Kier molecular flexibility index (Phi) is 3.70. The molecule has 0 spiro atoms. The van der Waals surface area contributed by atoms with Crippen LogP contribution in [0.25, 0.3) is 0 Å². The molecule has 104 valence electrons. The molecule has 3 heteroatoms. The lowest BCUT2D eigenvalue weighted by atomic mass is 10.0. The molecule has 1 aromatic heterocycles. The summed E-state index contributed by atoms with van der Waals surface area (Å²) >= 11 is 0. The third-order valence-corrected chi connectivity index (χ3v) is 3.95. The highest BCUT2D eigenvalue weighted by molar-refractivity contribution is 5.44. The number of anilines is 1. The SMILES string of the molecule is Cc1nc(N2CCCC2)ccc1[C@@H](O)c1ccccc1. The van der Waals surface area contributed by atoms with Gasteiger partial charge >= 0.3 is 0 Å². The zero-order valence-electron chi connectivity index (χ0n) is 11.8. The third-order valence-electron chi connectivity index (χ3n) is 3.95. The van der Waals surface area contributed by atoms with Gasteiger partial charge in [-0.2, -0.15) is 0 Å². The smallest absolute Gasteiger partial charge is 0.128 e. The van der Waals surface area contributed by atoms with Crippen LogP contribution in [0.4, 0.5) is 5.82 Å². The van der Waals surface area contributed by atoms with Gasteiger partial charge in [0.2, 0.25) is 0 Å². The Balaban J connectivity index is 1.87. The molecular weight excluding hydrogens is 248 g/mol. The van der Waals surface area contributed by atoms with Crippen molar-refractivity contribution in [3.8, 4) is 0 Å². The summed E-state index contributed by atoms with van der Waals surface area (Å²) < 4.78 is 0. The number of aryl methyl sites for hydroxylation is 1. The summed E-state index contributed by atoms with van der Waals surface area (Å²) in [6.07, 6.45) is 1.89. The van der Waals surface area contributed by atoms with Crippen molar-refractivity contribution in [3.05, 3.63) is 59.3 Å². The molecule has 1 atom stereocenters. The predicted octanol–water partition coefficient (Wildman–Crippen LogP) is 3.07. The van der Waals surface area contributed by atoms with E-state index in [1.54, 1.807) is 0 Å². The minimum atomic E-state index is -0.601. The highest BCUT2D eigenvalue weighted by Gasteiger charge is 2.17. The molecule has 0 bridgehead atoms. The summed E-state index contributed by atoms with van der Waals surface area (Å²) in [5.41, 5.74) is 2.70. The van der Waals surface area contributed by atoms with Crippen LogP contribution in [-0.2, 0) is 0 Å². The van der Waals surface area contributed by atoms with Gasteiger partial charge in [0.15, 0.2) is 0 Å². The van der Waals surface area contributed by atoms with Crippen LogP contribution in [0.5, 0.6) is 0 Å². The number of rotatable bonds is 3. The van der Waals surface area contributed by atoms with Crippen LogP contribution < -0.4 is 4.90 Å². The van der Waals surface area contributed by atoms with Gasteiger partial charge in [0, 0.05) is 24.3 Å². The standard InChI is InChI=1S/C17H20N2O/c1-13-15(17(20)14-7-3-2-4-8-14)9-10-16(18-13)19-11-5-6-12-19/h2-4,7-10,17,20H,5-6,11-12H2,1H3/t17-/m0/s1. The second kappa shape index (κ2) is 5.63. The van der Waals surface area contributed by atoms with Crippen LogP contribution in [0.3, 0.4) is 0 Å². The van der Waals surface area contributed by atoms with E-state index in [-0.39, 0.29) is 0 Å². The van der Waals surface area contributed by atoms with Gasteiger partial charge in [-0.25, -0.2) is 4.98 Å². The predicted molar refractivity (Wildman–Crippen MR) is 80.9 cm³/mol. The summed E-state index contributed by atoms with van der Waals surface area (Å²) in [5.74, 6) is 1.03. The first kappa shape index (κ1) is 13.1. The Bertz CT molecular complexity index is 577. The molecule has 20 heavy (non-hydrogen) atoms. The van der Waals surface area contributed by atoms with Crippen molar-refractivity contribution in [1.82, 2.24) is 4.98 Å². The van der Waals surface area contributed by atoms with E-state index >= 15 is 0 Å². The van der Waals surface area contributed by atoms with E-state index in [0.717, 1.165) is 35.7 Å². The van der Waals surface area contributed by atoms with E-state index in [0.29, 0.717) is 0 Å². The lowest BCUT2D eigenvalue weighted by molar-refractivity contribution is 0.219. The first-order chi connectivity index (χ1) is 9.75. The van der Waals surface area contributed by atoms with Crippen LogP contribution in [-0.4, -0.2) is 23.2 Å². The third kappa shape index (κ3) is 2.54. The number of pyridine rings is 1. The molecule has 0 saturated carbocycles. The summed E-state index contributed by atoms with van der Waals surface area (Å²) in [6, 6.07) is 13.8.